The first-order valence-electron chi connectivity index (χ1n) is 11.5. The van der Waals surface area contributed by atoms with E-state index in [0.29, 0.717) is 50.2 Å². The highest BCUT2D eigenvalue weighted by atomic mass is 79.9. The van der Waals surface area contributed by atoms with Crippen molar-refractivity contribution in [1.82, 2.24) is 9.47 Å². The van der Waals surface area contributed by atoms with E-state index in [1.165, 1.54) is 11.3 Å². The third kappa shape index (κ3) is 4.29. The Hall–Kier alpha value is -2.88. The Kier molecular flexibility index (Phi) is 6.80. The van der Waals surface area contributed by atoms with Crippen molar-refractivity contribution >= 4 is 50.9 Å². The normalized spacial score (nSPS) is 16.7. The third-order valence-corrected chi connectivity index (χ3v) is 8.19. The van der Waals surface area contributed by atoms with Gasteiger partial charge in [-0.1, -0.05) is 51.0 Å². The minimum Gasteiger partial charge on any atom is -0.454 e. The molecule has 0 spiro atoms. The summed E-state index contributed by atoms with van der Waals surface area (Å²) in [6.45, 7) is 6.98. The lowest BCUT2D eigenvalue weighted by Crippen LogP contribution is -2.43. The molecule has 0 aliphatic carbocycles. The van der Waals surface area contributed by atoms with E-state index in [2.05, 4.69) is 15.9 Å². The van der Waals surface area contributed by atoms with Crippen LogP contribution in [0.4, 0.5) is 0 Å². The number of thiazole rings is 1. The predicted molar refractivity (Wildman–Crippen MR) is 143 cm³/mol. The van der Waals surface area contributed by atoms with Gasteiger partial charge in [0.05, 0.1) is 21.8 Å². The SMILES string of the molecule is CCN(CC)C(=O)C1=C(C)N=c2s/c(=C/c3cc4c(cc3Br)OCO4)c(=O)n2[C@@H]1c1ccc(Cl)cc1. The number of carbonyl (C=O) groups excluding carboxylic acids is 1. The maximum absolute atomic E-state index is 13.8. The molecular formula is C26H23BrClN3O4S. The molecule has 1 amide bonds. The lowest BCUT2D eigenvalue weighted by atomic mass is 9.94. The van der Waals surface area contributed by atoms with Gasteiger partial charge < -0.3 is 14.4 Å². The summed E-state index contributed by atoms with van der Waals surface area (Å²) in [7, 11) is 0. The highest BCUT2D eigenvalue weighted by molar-refractivity contribution is 9.10. The zero-order chi connectivity index (χ0) is 25.6. The number of rotatable bonds is 5. The fourth-order valence-electron chi connectivity index (χ4n) is 4.42. The van der Waals surface area contributed by atoms with Crippen LogP contribution in [-0.4, -0.2) is 35.3 Å². The van der Waals surface area contributed by atoms with Gasteiger partial charge in [-0.2, -0.15) is 0 Å². The second kappa shape index (κ2) is 9.88. The van der Waals surface area contributed by atoms with Crippen LogP contribution < -0.4 is 24.4 Å². The molecule has 0 unspecified atom stereocenters. The standard InChI is InChI=1S/C26H23BrClN3O4S/c1-4-30(5-2)25(33)22-14(3)29-26-31(23(22)15-6-8-17(28)9-7-15)24(32)21(36-26)11-16-10-19-20(12-18(16)27)35-13-34-19/h6-12,23H,4-5,13H2,1-3H3/b21-11+/t23-/m1/s1. The van der Waals surface area contributed by atoms with Crippen LogP contribution in [0, 0.1) is 0 Å². The summed E-state index contributed by atoms with van der Waals surface area (Å²) in [5.74, 6) is 1.15. The number of halogens is 2. The first-order chi connectivity index (χ1) is 17.3. The molecular weight excluding hydrogens is 566 g/mol. The quantitative estimate of drug-likeness (QED) is 0.447. The van der Waals surface area contributed by atoms with E-state index in [-0.39, 0.29) is 18.3 Å². The van der Waals surface area contributed by atoms with Crippen molar-refractivity contribution < 1.29 is 14.3 Å². The number of hydrogen-bond acceptors (Lipinski definition) is 6. The Labute approximate surface area is 225 Å². The number of amides is 1. The monoisotopic (exact) mass is 587 g/mol. The summed E-state index contributed by atoms with van der Waals surface area (Å²) in [4.78, 5) is 34.5. The molecule has 3 aromatic rings. The molecule has 0 saturated heterocycles. The molecule has 2 aliphatic heterocycles. The van der Waals surface area contributed by atoms with Crippen LogP contribution in [0.15, 0.2) is 61.9 Å². The van der Waals surface area contributed by atoms with Crippen LogP contribution in [0.3, 0.4) is 0 Å². The number of allylic oxidation sites excluding steroid dienone is 1. The van der Waals surface area contributed by atoms with Crippen molar-refractivity contribution in [2.24, 2.45) is 4.99 Å². The molecule has 0 bridgehead atoms. The zero-order valence-corrected chi connectivity index (χ0v) is 23.0. The summed E-state index contributed by atoms with van der Waals surface area (Å²) in [5.41, 5.74) is 2.44. The van der Waals surface area contributed by atoms with Gasteiger partial charge in [0.2, 0.25) is 6.79 Å². The molecule has 2 aromatic carbocycles. The molecule has 186 valence electrons. The highest BCUT2D eigenvalue weighted by Crippen LogP contribution is 2.37. The number of aromatic nitrogens is 1. The Morgan fingerprint density at radius 2 is 1.89 bits per heavy atom. The van der Waals surface area contributed by atoms with Crippen molar-refractivity contribution in [2.45, 2.75) is 26.8 Å². The lowest BCUT2D eigenvalue weighted by molar-refractivity contribution is -0.127. The van der Waals surface area contributed by atoms with Gasteiger partial charge in [0.25, 0.3) is 11.5 Å². The zero-order valence-electron chi connectivity index (χ0n) is 19.9. The molecule has 3 heterocycles. The first kappa shape index (κ1) is 24.8. The van der Waals surface area contributed by atoms with Gasteiger partial charge in [-0.3, -0.25) is 14.2 Å². The predicted octanol–water partition coefficient (Wildman–Crippen LogP) is 4.25. The molecule has 2 aliphatic rings. The number of fused-ring (bicyclic) bond motifs is 2. The van der Waals surface area contributed by atoms with Gasteiger partial charge >= 0.3 is 0 Å². The average molecular weight is 589 g/mol. The van der Waals surface area contributed by atoms with Gasteiger partial charge in [-0.25, -0.2) is 4.99 Å². The fraction of sp³-hybridized carbons (Fsp3) is 0.269. The van der Waals surface area contributed by atoms with E-state index in [9.17, 15) is 9.59 Å². The number of likely N-dealkylation sites (N-methyl/N-ethyl adjacent to an activating group) is 1. The number of nitrogens with zero attached hydrogens (tertiary/aromatic N) is 3. The van der Waals surface area contributed by atoms with Crippen LogP contribution in [0.2, 0.25) is 5.02 Å². The molecule has 0 N–H and O–H groups in total. The summed E-state index contributed by atoms with van der Waals surface area (Å²) < 4.78 is 13.8. The molecule has 10 heteroatoms. The van der Waals surface area contributed by atoms with Gasteiger partial charge in [0.15, 0.2) is 16.3 Å². The Balaban J connectivity index is 1.71. The molecule has 1 atom stereocenters. The summed E-state index contributed by atoms with van der Waals surface area (Å²) in [6, 6.07) is 10.3. The van der Waals surface area contributed by atoms with E-state index in [1.807, 2.05) is 45.0 Å². The number of hydrogen-bond donors (Lipinski definition) is 0. The molecule has 36 heavy (non-hydrogen) atoms. The van der Waals surface area contributed by atoms with Gasteiger partial charge in [-0.05, 0) is 62.2 Å². The van der Waals surface area contributed by atoms with Crippen LogP contribution in [0.5, 0.6) is 11.5 Å². The topological polar surface area (TPSA) is 73.1 Å². The summed E-state index contributed by atoms with van der Waals surface area (Å²) in [6.07, 6.45) is 1.81. The van der Waals surface area contributed by atoms with Crippen molar-refractivity contribution in [3.05, 3.63) is 88.0 Å². The Morgan fingerprint density at radius 3 is 2.56 bits per heavy atom. The largest absolute Gasteiger partial charge is 0.454 e. The summed E-state index contributed by atoms with van der Waals surface area (Å²) >= 11 is 11.0. The number of ether oxygens (including phenoxy) is 2. The molecule has 7 nitrogen and oxygen atoms in total. The molecule has 1 aromatic heterocycles. The van der Waals surface area contributed by atoms with Gasteiger partial charge in [0, 0.05) is 22.6 Å². The Bertz CT molecular complexity index is 1570. The molecule has 0 saturated carbocycles. The second-order valence-electron chi connectivity index (χ2n) is 8.34. The molecule has 5 rings (SSSR count). The average Bonchev–Trinajstić information content (AvgIpc) is 3.43. The maximum Gasteiger partial charge on any atom is 0.271 e. The minimum atomic E-state index is -0.617. The number of benzene rings is 2. The van der Waals surface area contributed by atoms with Gasteiger partial charge in [0.1, 0.15) is 0 Å². The first-order valence-corrected chi connectivity index (χ1v) is 13.5. The van der Waals surface area contributed by atoms with Crippen LogP contribution in [0.25, 0.3) is 6.08 Å². The van der Waals surface area contributed by atoms with Crippen LogP contribution in [0.1, 0.15) is 37.9 Å². The van der Waals surface area contributed by atoms with Crippen molar-refractivity contribution in [1.29, 1.82) is 0 Å². The third-order valence-electron chi connectivity index (χ3n) is 6.27. The molecule has 0 radical (unpaired) electrons. The second-order valence-corrected chi connectivity index (χ2v) is 10.6. The van der Waals surface area contributed by atoms with Crippen molar-refractivity contribution in [2.75, 3.05) is 19.9 Å². The van der Waals surface area contributed by atoms with E-state index < -0.39 is 6.04 Å². The van der Waals surface area contributed by atoms with E-state index in [1.54, 1.807) is 27.7 Å². The Morgan fingerprint density at radius 1 is 1.22 bits per heavy atom. The molecule has 0 fully saturated rings. The smallest absolute Gasteiger partial charge is 0.271 e. The van der Waals surface area contributed by atoms with Crippen LogP contribution in [-0.2, 0) is 4.79 Å². The minimum absolute atomic E-state index is 0.131. The lowest BCUT2D eigenvalue weighted by Gasteiger charge is -2.29. The highest BCUT2D eigenvalue weighted by Gasteiger charge is 2.34. The van der Waals surface area contributed by atoms with Crippen molar-refractivity contribution in [3.8, 4) is 11.5 Å². The van der Waals surface area contributed by atoms with E-state index >= 15 is 0 Å². The van der Waals surface area contributed by atoms with Gasteiger partial charge in [-0.15, -0.1) is 0 Å². The maximum atomic E-state index is 13.8. The van der Waals surface area contributed by atoms with Crippen LogP contribution >= 0.6 is 38.9 Å². The van der Waals surface area contributed by atoms with Crippen molar-refractivity contribution in [3.63, 3.8) is 0 Å². The fourth-order valence-corrected chi connectivity index (χ4v) is 6.02. The number of carbonyl (C=O) groups is 1. The summed E-state index contributed by atoms with van der Waals surface area (Å²) in [5, 5.41) is 0.580. The van der Waals surface area contributed by atoms with E-state index in [0.717, 1.165) is 15.6 Å². The van der Waals surface area contributed by atoms with E-state index in [4.69, 9.17) is 26.1 Å².